The summed E-state index contributed by atoms with van der Waals surface area (Å²) in [7, 11) is 0. The van der Waals surface area contributed by atoms with E-state index in [0.717, 1.165) is 22.6 Å². The molecule has 3 aromatic rings. The molecule has 0 aliphatic heterocycles. The van der Waals surface area contributed by atoms with Gasteiger partial charge in [0.2, 0.25) is 5.88 Å². The highest BCUT2D eigenvalue weighted by Crippen LogP contribution is 2.21. The topological polar surface area (TPSA) is 39.4 Å². The number of hydrogen-bond donors (Lipinski definition) is 0. The largest absolute Gasteiger partial charge is 0.477 e. The predicted molar refractivity (Wildman–Crippen MR) is 87.2 cm³/mol. The first kappa shape index (κ1) is 14.8. The number of ether oxygens (including phenoxy) is 1. The van der Waals surface area contributed by atoms with Crippen molar-refractivity contribution in [2.45, 2.75) is 25.2 Å². The van der Waals surface area contributed by atoms with E-state index in [1.165, 1.54) is 0 Å². The van der Waals surface area contributed by atoms with Gasteiger partial charge in [-0.1, -0.05) is 12.1 Å². The van der Waals surface area contributed by atoms with E-state index in [-0.39, 0.29) is 13.6 Å². The van der Waals surface area contributed by atoms with Crippen molar-refractivity contribution in [1.29, 1.82) is 0 Å². The summed E-state index contributed by atoms with van der Waals surface area (Å²) in [6.45, 7) is 4.45. The highest BCUT2D eigenvalue weighted by atomic mass is 32.2. The number of fused-ring (bicyclic) bond motifs is 1. The molecule has 0 aliphatic carbocycles. The molecule has 0 radical (unpaired) electrons. The minimum atomic E-state index is 0. The zero-order chi connectivity index (χ0) is 15.5. The molecule has 0 amide bonds. The molecule has 0 saturated heterocycles. The summed E-state index contributed by atoms with van der Waals surface area (Å²) in [6.07, 6.45) is 0.699. The van der Waals surface area contributed by atoms with Crippen molar-refractivity contribution in [3.05, 3.63) is 53.3 Å². The van der Waals surface area contributed by atoms with Gasteiger partial charge in [-0.25, -0.2) is 9.50 Å². The smallest absolute Gasteiger partial charge is 0.235 e. The Morgan fingerprint density at radius 3 is 2.73 bits per heavy atom. The van der Waals surface area contributed by atoms with Gasteiger partial charge in [-0.05, 0) is 37.6 Å². The minimum Gasteiger partial charge on any atom is -0.477 e. The van der Waals surface area contributed by atoms with Crippen LogP contribution >= 0.6 is 12.1 Å². The number of benzene rings is 1. The summed E-state index contributed by atoms with van der Waals surface area (Å²) >= 11 is 0.254. The van der Waals surface area contributed by atoms with Crippen LogP contribution in [0.3, 0.4) is 0 Å². The Hall–Kier alpha value is -2.08. The van der Waals surface area contributed by atoms with Crippen LogP contribution in [-0.4, -0.2) is 21.2 Å². The first-order valence-electron chi connectivity index (χ1n) is 7.06. The summed E-state index contributed by atoms with van der Waals surface area (Å²) in [4.78, 5) is 5.08. The average Bonchev–Trinajstić information content (AvgIpc) is 2.91. The van der Waals surface area contributed by atoms with E-state index in [1.54, 1.807) is 16.6 Å². The number of halogens is 1. The van der Waals surface area contributed by atoms with E-state index >= 15 is 0 Å². The van der Waals surface area contributed by atoms with Crippen molar-refractivity contribution in [2.24, 2.45) is 0 Å². The van der Waals surface area contributed by atoms with Gasteiger partial charge in [0.05, 0.1) is 24.4 Å². The van der Waals surface area contributed by atoms with Gasteiger partial charge in [0.1, 0.15) is 0 Å². The standard InChI is InChI=1S/C16H16FN3OS.H2/c1-3-21-16-10-15-18-11(2)8-13(20(15)19-16)9-12-4-6-14(22-17)7-5-12;/h4-8,10H,3,9H2,1-2H3;1H. The lowest BCUT2D eigenvalue weighted by Gasteiger charge is -2.06. The quantitative estimate of drug-likeness (QED) is 0.705. The van der Waals surface area contributed by atoms with Crippen molar-refractivity contribution >= 4 is 17.8 Å². The molecule has 0 bridgehead atoms. The van der Waals surface area contributed by atoms with E-state index in [1.807, 2.05) is 38.1 Å². The second-order valence-electron chi connectivity index (χ2n) is 4.97. The molecular formula is C16H18FN3OS. The Morgan fingerprint density at radius 2 is 2.05 bits per heavy atom. The Kier molecular flexibility index (Phi) is 4.29. The lowest BCUT2D eigenvalue weighted by atomic mass is 10.1. The van der Waals surface area contributed by atoms with Gasteiger partial charge in [0, 0.05) is 24.5 Å². The maximum absolute atomic E-state index is 12.5. The lowest BCUT2D eigenvalue weighted by Crippen LogP contribution is -2.03. The molecule has 2 aromatic heterocycles. The first-order valence-corrected chi connectivity index (χ1v) is 7.78. The van der Waals surface area contributed by atoms with Gasteiger partial charge < -0.3 is 4.74 Å². The summed E-state index contributed by atoms with van der Waals surface area (Å²) < 4.78 is 19.8. The first-order chi connectivity index (χ1) is 10.7. The fraction of sp³-hybridized carbons (Fsp3) is 0.250. The summed E-state index contributed by atoms with van der Waals surface area (Å²) in [6, 6.07) is 11.3. The molecule has 0 atom stereocenters. The minimum absolute atomic E-state index is 0. The lowest BCUT2D eigenvalue weighted by molar-refractivity contribution is 0.325. The Labute approximate surface area is 134 Å². The van der Waals surface area contributed by atoms with Crippen LogP contribution in [0.15, 0.2) is 41.3 Å². The van der Waals surface area contributed by atoms with Gasteiger partial charge in [0.15, 0.2) is 5.65 Å². The predicted octanol–water partition coefficient (Wildman–Crippen LogP) is 4.25. The molecule has 0 saturated carbocycles. The highest BCUT2D eigenvalue weighted by molar-refractivity contribution is 7.94. The van der Waals surface area contributed by atoms with Crippen LogP contribution in [0, 0.1) is 6.92 Å². The normalized spacial score (nSPS) is 11.0. The van der Waals surface area contributed by atoms with Crippen molar-refractivity contribution in [3.63, 3.8) is 0 Å². The monoisotopic (exact) mass is 319 g/mol. The maximum Gasteiger partial charge on any atom is 0.235 e. The zero-order valence-electron chi connectivity index (χ0n) is 12.4. The van der Waals surface area contributed by atoms with E-state index in [2.05, 4.69) is 10.1 Å². The molecule has 3 rings (SSSR count). The molecule has 0 N–H and O–H groups in total. The van der Waals surface area contributed by atoms with Crippen LogP contribution in [0.5, 0.6) is 5.88 Å². The van der Waals surface area contributed by atoms with Gasteiger partial charge in [0.25, 0.3) is 0 Å². The maximum atomic E-state index is 12.5. The number of hydrogen-bond acceptors (Lipinski definition) is 4. The van der Waals surface area contributed by atoms with Gasteiger partial charge in [-0.15, -0.1) is 5.10 Å². The number of rotatable bonds is 5. The van der Waals surface area contributed by atoms with Crippen molar-refractivity contribution in [1.82, 2.24) is 14.6 Å². The zero-order valence-corrected chi connectivity index (χ0v) is 13.2. The second kappa shape index (κ2) is 6.36. The van der Waals surface area contributed by atoms with Gasteiger partial charge in [-0.2, -0.15) is 3.89 Å². The third-order valence-corrected chi connectivity index (χ3v) is 3.75. The van der Waals surface area contributed by atoms with Crippen LogP contribution < -0.4 is 4.74 Å². The summed E-state index contributed by atoms with van der Waals surface area (Å²) in [5.41, 5.74) is 3.82. The fourth-order valence-corrected chi connectivity index (χ4v) is 2.61. The molecule has 0 unspecified atom stereocenters. The van der Waals surface area contributed by atoms with E-state index < -0.39 is 0 Å². The van der Waals surface area contributed by atoms with Crippen LogP contribution in [-0.2, 0) is 6.42 Å². The van der Waals surface area contributed by atoms with Crippen molar-refractivity contribution in [2.75, 3.05) is 6.61 Å². The van der Waals surface area contributed by atoms with E-state index in [0.29, 0.717) is 23.8 Å². The Balaban J connectivity index is 0.00000192. The molecule has 0 aliphatic rings. The molecule has 116 valence electrons. The molecule has 0 spiro atoms. The third kappa shape index (κ3) is 3.06. The number of nitrogens with zero attached hydrogens (tertiary/aromatic N) is 3. The van der Waals surface area contributed by atoms with Crippen LogP contribution in [0.1, 0.15) is 25.3 Å². The summed E-state index contributed by atoms with van der Waals surface area (Å²) in [5, 5.41) is 4.44. The van der Waals surface area contributed by atoms with Crippen molar-refractivity contribution < 1.29 is 10.0 Å². The molecule has 22 heavy (non-hydrogen) atoms. The molecule has 1 aromatic carbocycles. The van der Waals surface area contributed by atoms with Gasteiger partial charge >= 0.3 is 0 Å². The van der Waals surface area contributed by atoms with Crippen LogP contribution in [0.25, 0.3) is 5.65 Å². The van der Waals surface area contributed by atoms with E-state index in [4.69, 9.17) is 4.74 Å². The molecule has 2 heterocycles. The Bertz CT molecular complexity index is 792. The van der Waals surface area contributed by atoms with Crippen molar-refractivity contribution in [3.8, 4) is 5.88 Å². The van der Waals surface area contributed by atoms with Gasteiger partial charge in [-0.3, -0.25) is 0 Å². The molecule has 6 heteroatoms. The number of aryl methyl sites for hydroxylation is 1. The fourth-order valence-electron chi connectivity index (χ4n) is 2.37. The second-order valence-corrected chi connectivity index (χ2v) is 5.60. The van der Waals surface area contributed by atoms with E-state index in [9.17, 15) is 3.89 Å². The van der Waals surface area contributed by atoms with Crippen LogP contribution in [0.2, 0.25) is 0 Å². The number of aromatic nitrogens is 3. The highest BCUT2D eigenvalue weighted by Gasteiger charge is 2.09. The SMILES string of the molecule is CCOc1cc2nc(C)cc(Cc3ccc(SF)cc3)n2n1.[HH]. The van der Waals surface area contributed by atoms with Crippen LogP contribution in [0.4, 0.5) is 3.89 Å². The Morgan fingerprint density at radius 1 is 1.27 bits per heavy atom. The average molecular weight is 319 g/mol. The third-order valence-electron chi connectivity index (χ3n) is 3.30. The molecule has 0 fully saturated rings. The summed E-state index contributed by atoms with van der Waals surface area (Å²) in [5.74, 6) is 0.575. The molecule has 4 nitrogen and oxygen atoms in total. The molecular weight excluding hydrogens is 301 g/mol.